The predicted molar refractivity (Wildman–Crippen MR) is 435 cm³/mol. The zero-order valence-electron chi connectivity index (χ0n) is 64.1. The molecule has 1 saturated carbocycles. The van der Waals surface area contributed by atoms with Crippen LogP contribution in [0.4, 0.5) is 29.2 Å². The molecule has 3 fully saturated rings. The zero-order valence-corrected chi connectivity index (χ0v) is 66.3. The van der Waals surface area contributed by atoms with Crippen LogP contribution in [0.3, 0.4) is 0 Å². The van der Waals surface area contributed by atoms with Gasteiger partial charge in [0.25, 0.3) is 0 Å². The van der Waals surface area contributed by atoms with Crippen LogP contribution in [-0.4, -0.2) is 155 Å². The van der Waals surface area contributed by atoms with Gasteiger partial charge in [-0.1, -0.05) is 115 Å². The van der Waals surface area contributed by atoms with Crippen molar-refractivity contribution in [2.24, 2.45) is 23.1 Å². The third kappa shape index (κ3) is 20.3. The van der Waals surface area contributed by atoms with Gasteiger partial charge in [0.05, 0.1) is 69.3 Å². The van der Waals surface area contributed by atoms with Crippen LogP contribution in [0, 0.1) is 19.8 Å². The summed E-state index contributed by atoms with van der Waals surface area (Å²) in [5.74, 6) is 5.16. The molecule has 2 atom stereocenters. The van der Waals surface area contributed by atoms with Gasteiger partial charge in [0.1, 0.15) is 53.1 Å². The molecule has 0 radical (unpaired) electrons. The molecule has 5 aliphatic heterocycles. The molecule has 10 heterocycles. The van der Waals surface area contributed by atoms with Crippen molar-refractivity contribution in [2.45, 2.75) is 136 Å². The number of nitrogens with zero attached hydrogens (tertiary/aromatic N) is 15. The largest absolute Gasteiger partial charge is 0.496 e. The van der Waals surface area contributed by atoms with Crippen LogP contribution in [0.25, 0.3) is 11.4 Å². The monoisotopic (exact) mass is 1580 g/mol. The average molecular weight is 1580 g/mol. The number of hydrogen-bond acceptors (Lipinski definition) is 22. The Labute approximate surface area is 667 Å². The second kappa shape index (κ2) is 38.0. The van der Waals surface area contributed by atoms with Gasteiger partial charge in [-0.3, -0.25) is 29.1 Å². The number of aryl methyl sites for hydroxylation is 1. The van der Waals surface area contributed by atoms with E-state index in [1.807, 2.05) is 59.0 Å². The van der Waals surface area contributed by atoms with Gasteiger partial charge in [-0.05, 0) is 129 Å². The highest BCUT2D eigenvalue weighted by Gasteiger charge is 2.36. The molecule has 16 rings (SSSR count). The molecule has 0 bridgehead atoms. The number of anilines is 5. The molecule has 27 nitrogen and oxygen atoms in total. The number of nitrogen functional groups attached to an aromatic ring is 1. The normalized spacial score (nSPS) is 16.7. The maximum atomic E-state index is 12.3. The van der Waals surface area contributed by atoms with E-state index >= 15 is 0 Å². The van der Waals surface area contributed by atoms with Crippen molar-refractivity contribution in [3.05, 3.63) is 218 Å². The van der Waals surface area contributed by atoms with Gasteiger partial charge in [0, 0.05) is 113 Å². The Kier molecular flexibility index (Phi) is 27.4. The van der Waals surface area contributed by atoms with Crippen molar-refractivity contribution in [1.82, 2.24) is 63.7 Å². The first-order chi connectivity index (χ1) is 54.2. The topological polar surface area (TPSA) is 333 Å². The third-order valence-corrected chi connectivity index (χ3v) is 21.6. The molecule has 1 aliphatic carbocycles. The lowest BCUT2D eigenvalue weighted by Crippen LogP contribution is -2.42. The van der Waals surface area contributed by atoms with Gasteiger partial charge in [-0.15, -0.1) is 0 Å². The van der Waals surface area contributed by atoms with Crippen LogP contribution in [0.1, 0.15) is 113 Å². The molecular formula is C82H97Cl3N20O7. The summed E-state index contributed by atoms with van der Waals surface area (Å²) in [6.07, 6.45) is 17.3. The predicted octanol–water partition coefficient (Wildman–Crippen LogP) is 11.7. The number of nitrogens with one attached hydrogen (secondary N) is 1. The molecule has 9 N–H and O–H groups in total. The molecule has 5 aromatic heterocycles. The van der Waals surface area contributed by atoms with E-state index in [0.29, 0.717) is 46.5 Å². The number of methoxy groups -OCH3 is 4. The molecule has 10 aromatic rings. The lowest BCUT2D eigenvalue weighted by Gasteiger charge is -2.32. The summed E-state index contributed by atoms with van der Waals surface area (Å²) >= 11 is 18.2. The molecule has 5 aromatic carbocycles. The van der Waals surface area contributed by atoms with Crippen LogP contribution in [0.5, 0.6) is 23.0 Å². The van der Waals surface area contributed by atoms with Gasteiger partial charge in [-0.25, -0.2) is 34.9 Å². The van der Waals surface area contributed by atoms with E-state index in [4.69, 9.17) is 86.7 Å². The summed E-state index contributed by atoms with van der Waals surface area (Å²) < 4.78 is 25.1. The lowest BCUT2D eigenvalue weighted by molar-refractivity contribution is -0.121. The minimum atomic E-state index is -0.358. The Balaban J connectivity index is 0.000000141. The van der Waals surface area contributed by atoms with Gasteiger partial charge < -0.3 is 66.1 Å². The standard InChI is InChI=1S/C31H36N8O2.C19H22ClN5O.C14H13Cl2N3.C12H15N3O3.C6H11NO/c1-20-14-23(15-27(41-3)21(20)2)38-18-28(33-19-38)35-31-34-25-17-37(16-22-8-5-4-6-9-22)13-11-24(25)30(36-31)39-12-7-10-26(39)29(32)40;20-19-22-15-12-24(11-13-5-2-1-3-6-13)10-8-14(15)18(23-19)25-9-4-7-16(25)17(21)26;15-13-11-6-7-19(8-10-4-2-1-3-5-10)9-12(11)17-14(16)18-13;1-16-9-4-8(15-6-11(13)14-7-15)5-10(17-2)12(9)18-3;7-6(8)5-3-1-2-4-5/h4-6,8-9,14-15,18-19,26H,7,10-13,16-17H2,1-3H3,(H2,32,40)(H,34,35,36);1-3,5-6,16H,4,7-12H2,(H2,21,26);1-5H,6-9H2;4-7H,13H2,1-3H3;5H,1-4H2,(H2,7,8)/t26-;16-;;;/m00.../s1. The second-order valence-corrected chi connectivity index (χ2v) is 29.5. The van der Waals surface area contributed by atoms with Gasteiger partial charge in [0.15, 0.2) is 17.3 Å². The fraction of sp³-hybridized carbons (Fsp3) is 0.378. The van der Waals surface area contributed by atoms with E-state index in [9.17, 15) is 14.4 Å². The van der Waals surface area contributed by atoms with E-state index < -0.39 is 0 Å². The number of halogens is 3. The van der Waals surface area contributed by atoms with E-state index in [1.54, 1.807) is 51.9 Å². The molecular weight excluding hydrogens is 1480 g/mol. The van der Waals surface area contributed by atoms with E-state index in [0.717, 1.165) is 197 Å². The van der Waals surface area contributed by atoms with Crippen molar-refractivity contribution in [1.29, 1.82) is 0 Å². The summed E-state index contributed by atoms with van der Waals surface area (Å²) in [6, 6.07) is 38.4. The Morgan fingerprint density at radius 3 is 1.40 bits per heavy atom. The number of rotatable bonds is 19. The van der Waals surface area contributed by atoms with Crippen LogP contribution >= 0.6 is 34.8 Å². The number of imidazole rings is 2. The van der Waals surface area contributed by atoms with Gasteiger partial charge in [-0.2, -0.15) is 4.98 Å². The van der Waals surface area contributed by atoms with E-state index in [-0.39, 0.29) is 46.3 Å². The van der Waals surface area contributed by atoms with Crippen LogP contribution in [0.2, 0.25) is 15.7 Å². The summed E-state index contributed by atoms with van der Waals surface area (Å²) in [5.41, 5.74) is 36.0. The Hall–Kier alpha value is -10.7. The third-order valence-electron chi connectivity index (χ3n) is 21.0. The Morgan fingerprint density at radius 2 is 0.938 bits per heavy atom. The fourth-order valence-corrected chi connectivity index (χ4v) is 15.8. The van der Waals surface area contributed by atoms with Crippen molar-refractivity contribution in [3.8, 4) is 34.4 Å². The molecule has 3 amide bonds. The number of hydrogen-bond donors (Lipinski definition) is 5. The number of aromatic nitrogens is 10. The molecule has 112 heavy (non-hydrogen) atoms. The SMILES string of the molecule is COc1cc(-n2cnc(N)c2)cc(OC)c1OC.COc1cc(-n2cnc(Nc3nc4c(c(N5CCC[C@H]5C(N)=O)n3)CCN(Cc3ccccc3)C4)c2)cc(C)c1C.Clc1nc(Cl)c2c(n1)CN(Cc1ccccc1)CC2.NC(=O)C1CCCC1.NC(=O)[C@@H]1CCCN1c1nc(Cl)nc2c1CCN(Cc1ccccc1)C2. The molecule has 2 saturated heterocycles. The minimum Gasteiger partial charge on any atom is -0.496 e. The molecule has 0 unspecified atom stereocenters. The summed E-state index contributed by atoms with van der Waals surface area (Å²) in [4.78, 5) is 81.4. The van der Waals surface area contributed by atoms with Crippen molar-refractivity contribution >= 4 is 81.7 Å². The number of benzene rings is 5. The summed E-state index contributed by atoms with van der Waals surface area (Å²) in [7, 11) is 6.39. The maximum absolute atomic E-state index is 12.3. The Morgan fingerprint density at radius 1 is 0.491 bits per heavy atom. The Bertz CT molecular complexity index is 4860. The van der Waals surface area contributed by atoms with E-state index in [1.165, 1.54) is 29.5 Å². The number of carbonyl (C=O) groups is 3. The highest BCUT2D eigenvalue weighted by Crippen LogP contribution is 2.41. The van der Waals surface area contributed by atoms with Gasteiger partial charge >= 0.3 is 0 Å². The first-order valence-electron chi connectivity index (χ1n) is 37.7. The first-order valence-corrected chi connectivity index (χ1v) is 38.8. The number of ether oxygens (including phenoxy) is 4. The number of amides is 3. The number of fused-ring (bicyclic) bond motifs is 3. The number of carbonyl (C=O) groups excluding carboxylic acids is 3. The highest BCUT2D eigenvalue weighted by molar-refractivity contribution is 6.32. The minimum absolute atomic E-state index is 0.109. The van der Waals surface area contributed by atoms with E-state index in [2.05, 4.69) is 141 Å². The quantitative estimate of drug-likeness (QED) is 0.0371. The van der Waals surface area contributed by atoms with Crippen LogP contribution < -0.4 is 57.0 Å². The zero-order chi connectivity index (χ0) is 79.0. The molecule has 30 heteroatoms. The summed E-state index contributed by atoms with van der Waals surface area (Å²) in [5, 5.41) is 4.28. The number of nitrogens with two attached hydrogens (primary N) is 4. The summed E-state index contributed by atoms with van der Waals surface area (Å²) in [6.45, 7) is 13.3. The first kappa shape index (κ1) is 80.8. The highest BCUT2D eigenvalue weighted by atomic mass is 35.5. The maximum Gasteiger partial charge on any atom is 0.240 e. The molecule has 6 aliphatic rings. The van der Waals surface area contributed by atoms with Crippen molar-refractivity contribution in [3.63, 3.8) is 0 Å². The van der Waals surface area contributed by atoms with Gasteiger partial charge in [0.2, 0.25) is 40.0 Å². The van der Waals surface area contributed by atoms with Crippen molar-refractivity contribution < 1.29 is 33.3 Å². The lowest BCUT2D eigenvalue weighted by atomic mass is 10.0. The fourth-order valence-electron chi connectivity index (χ4n) is 15.1. The van der Waals surface area contributed by atoms with Crippen molar-refractivity contribution in [2.75, 3.05) is 82.0 Å². The smallest absolute Gasteiger partial charge is 0.240 e. The van der Waals surface area contributed by atoms with Crippen LogP contribution in [0.15, 0.2) is 140 Å². The second-order valence-electron chi connectivity index (χ2n) is 28.4. The molecule has 0 spiro atoms. The average Bonchev–Trinajstić information content (AvgIpc) is 1.41. The molecule has 588 valence electrons. The number of primary amides is 3. The van der Waals surface area contributed by atoms with Crippen LogP contribution in [-0.2, 0) is 72.9 Å².